The predicted octanol–water partition coefficient (Wildman–Crippen LogP) is 3.50. The summed E-state index contributed by atoms with van der Waals surface area (Å²) in [7, 11) is 3.62. The van der Waals surface area contributed by atoms with Crippen molar-refractivity contribution in [3.8, 4) is 11.5 Å². The first-order chi connectivity index (χ1) is 13.0. The van der Waals surface area contributed by atoms with E-state index in [1.807, 2.05) is 62.2 Å². The van der Waals surface area contributed by atoms with Crippen LogP contribution in [-0.4, -0.2) is 44.2 Å². The average Bonchev–Trinajstić information content (AvgIpc) is 3.12. The van der Waals surface area contributed by atoms with Gasteiger partial charge in [-0.2, -0.15) is 0 Å². The zero-order valence-corrected chi connectivity index (χ0v) is 16.6. The molecule has 0 saturated heterocycles. The summed E-state index contributed by atoms with van der Waals surface area (Å²) in [6.45, 7) is 5.93. The molecule has 0 fully saturated rings. The fourth-order valence-electron chi connectivity index (χ4n) is 3.49. The van der Waals surface area contributed by atoms with Crippen LogP contribution in [0.15, 0.2) is 42.5 Å². The molecule has 144 valence electrons. The van der Waals surface area contributed by atoms with E-state index in [4.69, 9.17) is 9.47 Å². The third-order valence-electron chi connectivity index (χ3n) is 5.13. The summed E-state index contributed by atoms with van der Waals surface area (Å²) in [5.74, 6) is 1.60. The molecular weight excluding hydrogens is 340 g/mol. The number of carbonyl (C=O) groups is 1. The second-order valence-electron chi connectivity index (χ2n) is 6.88. The van der Waals surface area contributed by atoms with Crippen LogP contribution in [0.2, 0.25) is 0 Å². The fraction of sp³-hybridized carbons (Fsp3) is 0.409. The Morgan fingerprint density at radius 1 is 1.22 bits per heavy atom. The summed E-state index contributed by atoms with van der Waals surface area (Å²) >= 11 is 0. The molecule has 1 heterocycles. The summed E-state index contributed by atoms with van der Waals surface area (Å²) in [5, 5.41) is 0. The Balaban J connectivity index is 1.69. The highest BCUT2D eigenvalue weighted by molar-refractivity contribution is 5.98. The minimum atomic E-state index is -0.214. The van der Waals surface area contributed by atoms with E-state index in [1.54, 1.807) is 7.11 Å². The van der Waals surface area contributed by atoms with Gasteiger partial charge in [0.15, 0.2) is 11.5 Å². The summed E-state index contributed by atoms with van der Waals surface area (Å²) in [4.78, 5) is 17.0. The van der Waals surface area contributed by atoms with Crippen molar-refractivity contribution < 1.29 is 14.3 Å². The van der Waals surface area contributed by atoms with Gasteiger partial charge in [-0.25, -0.2) is 0 Å². The van der Waals surface area contributed by atoms with E-state index in [0.717, 1.165) is 35.7 Å². The molecule has 0 bridgehead atoms. The molecule has 3 rings (SSSR count). The number of amides is 1. The van der Waals surface area contributed by atoms with Gasteiger partial charge in [0.1, 0.15) is 0 Å². The largest absolute Gasteiger partial charge is 0.493 e. The van der Waals surface area contributed by atoms with Crippen molar-refractivity contribution >= 4 is 11.6 Å². The van der Waals surface area contributed by atoms with Crippen LogP contribution >= 0.6 is 0 Å². The molecule has 1 aliphatic heterocycles. The molecule has 1 atom stereocenters. The lowest BCUT2D eigenvalue weighted by Gasteiger charge is -2.28. The Kier molecular flexibility index (Phi) is 6.01. The van der Waals surface area contributed by atoms with Gasteiger partial charge in [0, 0.05) is 18.8 Å². The van der Waals surface area contributed by atoms with Crippen molar-refractivity contribution in [3.05, 3.63) is 53.6 Å². The van der Waals surface area contributed by atoms with E-state index in [2.05, 4.69) is 11.0 Å². The van der Waals surface area contributed by atoms with Crippen LogP contribution in [0.25, 0.3) is 0 Å². The highest BCUT2D eigenvalue weighted by Crippen LogP contribution is 2.30. The Labute approximate surface area is 161 Å². The van der Waals surface area contributed by atoms with Crippen LogP contribution < -0.4 is 14.4 Å². The lowest BCUT2D eigenvalue weighted by molar-refractivity contribution is -0.122. The number of fused-ring (bicyclic) bond motifs is 1. The van der Waals surface area contributed by atoms with Gasteiger partial charge in [-0.05, 0) is 56.6 Å². The topological polar surface area (TPSA) is 42.0 Å². The van der Waals surface area contributed by atoms with Crippen LogP contribution in [0.3, 0.4) is 0 Å². The predicted molar refractivity (Wildman–Crippen MR) is 108 cm³/mol. The van der Waals surface area contributed by atoms with E-state index < -0.39 is 0 Å². The van der Waals surface area contributed by atoms with Crippen LogP contribution in [0.1, 0.15) is 25.0 Å². The normalized spacial score (nSPS) is 14.2. The van der Waals surface area contributed by atoms with Crippen LogP contribution in [-0.2, 0) is 17.8 Å². The average molecular weight is 368 g/mol. The molecule has 5 heteroatoms. The van der Waals surface area contributed by atoms with Crippen molar-refractivity contribution in [3.63, 3.8) is 0 Å². The smallest absolute Gasteiger partial charge is 0.244 e. The number of hydrogen-bond donors (Lipinski definition) is 0. The van der Waals surface area contributed by atoms with E-state index in [-0.39, 0.29) is 11.9 Å². The van der Waals surface area contributed by atoms with Crippen LogP contribution in [0.4, 0.5) is 5.69 Å². The minimum Gasteiger partial charge on any atom is -0.493 e. The van der Waals surface area contributed by atoms with Crippen molar-refractivity contribution in [2.45, 2.75) is 32.9 Å². The number of benzene rings is 2. The summed E-state index contributed by atoms with van der Waals surface area (Å²) in [6, 6.07) is 13.9. The SMILES string of the molecule is CCOc1ccc(CN(C)[C@@H](C)C(=O)N2CCc3ccccc32)cc1OC. The number of para-hydroxylation sites is 1. The van der Waals surface area contributed by atoms with Gasteiger partial charge in [0.25, 0.3) is 0 Å². The second-order valence-corrected chi connectivity index (χ2v) is 6.88. The van der Waals surface area contributed by atoms with Gasteiger partial charge in [-0.1, -0.05) is 24.3 Å². The fourth-order valence-corrected chi connectivity index (χ4v) is 3.49. The van der Waals surface area contributed by atoms with Gasteiger partial charge in [-0.15, -0.1) is 0 Å². The number of ether oxygens (including phenoxy) is 2. The van der Waals surface area contributed by atoms with Gasteiger partial charge in [0.2, 0.25) is 5.91 Å². The highest BCUT2D eigenvalue weighted by atomic mass is 16.5. The molecule has 5 nitrogen and oxygen atoms in total. The van der Waals surface area contributed by atoms with Crippen LogP contribution in [0, 0.1) is 0 Å². The minimum absolute atomic E-state index is 0.139. The number of methoxy groups -OCH3 is 1. The van der Waals surface area contributed by atoms with E-state index in [1.165, 1.54) is 5.56 Å². The number of anilines is 1. The van der Waals surface area contributed by atoms with Crippen molar-refractivity contribution in [2.24, 2.45) is 0 Å². The molecule has 0 radical (unpaired) electrons. The summed E-state index contributed by atoms with van der Waals surface area (Å²) in [5.41, 5.74) is 3.38. The maximum absolute atomic E-state index is 13.0. The number of carbonyl (C=O) groups excluding carboxylic acids is 1. The molecular formula is C22H28N2O3. The Morgan fingerprint density at radius 2 is 2.00 bits per heavy atom. The third kappa shape index (κ3) is 4.08. The van der Waals surface area contributed by atoms with E-state index in [0.29, 0.717) is 13.2 Å². The molecule has 0 aliphatic carbocycles. The quantitative estimate of drug-likeness (QED) is 0.750. The molecule has 0 saturated carbocycles. The maximum atomic E-state index is 13.0. The Hall–Kier alpha value is -2.53. The number of nitrogens with zero attached hydrogens (tertiary/aromatic N) is 2. The lowest BCUT2D eigenvalue weighted by atomic mass is 10.1. The van der Waals surface area contributed by atoms with Gasteiger partial charge in [-0.3, -0.25) is 9.69 Å². The standard InChI is InChI=1S/C22H28N2O3/c1-5-27-20-11-10-17(14-21(20)26-4)15-23(3)16(2)22(25)24-13-12-18-8-6-7-9-19(18)24/h6-11,14,16H,5,12-13,15H2,1-4H3/t16-/m0/s1. The molecule has 0 N–H and O–H groups in total. The number of rotatable bonds is 7. The van der Waals surface area contributed by atoms with Crippen LogP contribution in [0.5, 0.6) is 11.5 Å². The summed E-state index contributed by atoms with van der Waals surface area (Å²) in [6.07, 6.45) is 0.925. The van der Waals surface area contributed by atoms with Crippen molar-refractivity contribution in [2.75, 3.05) is 32.2 Å². The van der Waals surface area contributed by atoms with Crippen molar-refractivity contribution in [1.29, 1.82) is 0 Å². The number of hydrogen-bond acceptors (Lipinski definition) is 4. The molecule has 1 aliphatic rings. The summed E-state index contributed by atoms with van der Waals surface area (Å²) < 4.78 is 11.0. The van der Waals surface area contributed by atoms with E-state index in [9.17, 15) is 4.79 Å². The van der Waals surface area contributed by atoms with Gasteiger partial charge >= 0.3 is 0 Å². The Bertz CT molecular complexity index is 806. The second kappa shape index (κ2) is 8.44. The first-order valence-electron chi connectivity index (χ1n) is 9.44. The molecule has 1 amide bonds. The molecule has 27 heavy (non-hydrogen) atoms. The van der Waals surface area contributed by atoms with E-state index >= 15 is 0 Å². The first kappa shape index (κ1) is 19.2. The molecule has 2 aromatic rings. The van der Waals surface area contributed by atoms with Crippen molar-refractivity contribution in [1.82, 2.24) is 4.90 Å². The van der Waals surface area contributed by atoms with Gasteiger partial charge in [0.05, 0.1) is 19.8 Å². The zero-order valence-electron chi connectivity index (χ0n) is 16.6. The molecule has 0 unspecified atom stereocenters. The third-order valence-corrected chi connectivity index (χ3v) is 5.13. The number of likely N-dealkylation sites (N-methyl/N-ethyl adjacent to an activating group) is 1. The molecule has 0 spiro atoms. The first-order valence-corrected chi connectivity index (χ1v) is 9.44. The molecule has 2 aromatic carbocycles. The zero-order chi connectivity index (χ0) is 19.4. The Morgan fingerprint density at radius 3 is 2.74 bits per heavy atom. The van der Waals surface area contributed by atoms with Gasteiger partial charge < -0.3 is 14.4 Å². The lowest BCUT2D eigenvalue weighted by Crippen LogP contribution is -2.45. The maximum Gasteiger partial charge on any atom is 0.244 e. The molecule has 0 aromatic heterocycles. The monoisotopic (exact) mass is 368 g/mol. The highest BCUT2D eigenvalue weighted by Gasteiger charge is 2.29.